The molecular weight excluding hydrogens is 432 g/mol. The second-order valence-corrected chi connectivity index (χ2v) is 7.33. The van der Waals surface area contributed by atoms with Gasteiger partial charge in [0.15, 0.2) is 17.4 Å². The standard InChI is InChI=1S/C22H20F4N2O4/c1-11(29)32-7-6-12-8-17(25)20(18(26)9-12)28-19(30)5-4-15(22(28)27)21(31)14-3-2-13(23)10-16(14)24/h3-5,8-9,13,16H,2,6-7,10,27H2,1H3. The smallest absolute Gasteiger partial charge is 0.302 e. The van der Waals surface area contributed by atoms with Gasteiger partial charge >= 0.3 is 5.97 Å². The lowest BCUT2D eigenvalue weighted by Gasteiger charge is -2.21. The maximum atomic E-state index is 14.8. The van der Waals surface area contributed by atoms with Crippen LogP contribution in [0.2, 0.25) is 0 Å². The van der Waals surface area contributed by atoms with Crippen LogP contribution in [-0.4, -0.2) is 35.3 Å². The van der Waals surface area contributed by atoms with E-state index < -0.39 is 59.2 Å². The highest BCUT2D eigenvalue weighted by atomic mass is 19.2. The Morgan fingerprint density at radius 1 is 1.19 bits per heavy atom. The fourth-order valence-corrected chi connectivity index (χ4v) is 3.49. The minimum absolute atomic E-state index is 0.0260. The number of aromatic nitrogens is 1. The van der Waals surface area contributed by atoms with Crippen LogP contribution in [0, 0.1) is 11.6 Å². The fraction of sp³-hybridized carbons (Fsp3) is 0.318. The van der Waals surface area contributed by atoms with Crippen molar-refractivity contribution >= 4 is 17.6 Å². The molecule has 1 heterocycles. The third-order valence-corrected chi connectivity index (χ3v) is 5.03. The molecule has 170 valence electrons. The number of ketones is 1. The van der Waals surface area contributed by atoms with E-state index in [9.17, 15) is 31.9 Å². The number of carbonyl (C=O) groups excluding carboxylic acids is 2. The number of hydrogen-bond donors (Lipinski definition) is 1. The lowest BCUT2D eigenvalue weighted by Crippen LogP contribution is -2.28. The minimum atomic E-state index is -1.86. The van der Waals surface area contributed by atoms with E-state index in [4.69, 9.17) is 10.5 Å². The lowest BCUT2D eigenvalue weighted by atomic mass is 9.90. The number of rotatable bonds is 6. The van der Waals surface area contributed by atoms with Crippen molar-refractivity contribution in [2.45, 2.75) is 38.5 Å². The van der Waals surface area contributed by atoms with Crippen molar-refractivity contribution in [2.24, 2.45) is 0 Å². The Hall–Kier alpha value is -3.43. The second-order valence-electron chi connectivity index (χ2n) is 7.33. The average Bonchev–Trinajstić information content (AvgIpc) is 2.69. The number of carbonyl (C=O) groups is 2. The summed E-state index contributed by atoms with van der Waals surface area (Å²) in [5, 5.41) is 0. The number of alkyl halides is 2. The highest BCUT2D eigenvalue weighted by Gasteiger charge is 2.30. The van der Waals surface area contributed by atoms with Crippen LogP contribution >= 0.6 is 0 Å². The largest absolute Gasteiger partial charge is 0.466 e. The number of nitrogen functional groups attached to an aromatic ring is 1. The van der Waals surface area contributed by atoms with E-state index in [1.807, 2.05) is 0 Å². The van der Waals surface area contributed by atoms with Gasteiger partial charge in [0.2, 0.25) is 0 Å². The normalized spacial score (nSPS) is 18.2. The van der Waals surface area contributed by atoms with Gasteiger partial charge in [-0.3, -0.25) is 19.0 Å². The molecule has 0 saturated heterocycles. The number of nitrogens with two attached hydrogens (primary N) is 1. The van der Waals surface area contributed by atoms with Gasteiger partial charge in [0.1, 0.15) is 23.8 Å². The Morgan fingerprint density at radius 2 is 1.84 bits per heavy atom. The van der Waals surface area contributed by atoms with Crippen molar-refractivity contribution in [3.63, 3.8) is 0 Å². The molecule has 1 aromatic carbocycles. The summed E-state index contributed by atoms with van der Waals surface area (Å²) < 4.78 is 62.3. The molecule has 3 rings (SSSR count). The van der Waals surface area contributed by atoms with E-state index in [2.05, 4.69) is 0 Å². The zero-order valence-corrected chi connectivity index (χ0v) is 17.0. The zero-order valence-electron chi connectivity index (χ0n) is 17.0. The third kappa shape index (κ3) is 4.74. The van der Waals surface area contributed by atoms with Crippen LogP contribution in [0.25, 0.3) is 5.69 Å². The van der Waals surface area contributed by atoms with Gasteiger partial charge in [-0.25, -0.2) is 17.6 Å². The second kappa shape index (κ2) is 9.37. The molecule has 10 heteroatoms. The van der Waals surface area contributed by atoms with E-state index in [0.29, 0.717) is 4.57 Å². The number of pyridine rings is 1. The highest BCUT2D eigenvalue weighted by Crippen LogP contribution is 2.29. The molecule has 1 aliphatic carbocycles. The molecule has 2 atom stereocenters. The van der Waals surface area contributed by atoms with E-state index in [1.54, 1.807) is 0 Å². The molecule has 6 nitrogen and oxygen atoms in total. The van der Waals surface area contributed by atoms with Gasteiger partial charge in [-0.05, 0) is 30.2 Å². The van der Waals surface area contributed by atoms with Gasteiger partial charge in [0, 0.05) is 31.4 Å². The molecule has 0 spiro atoms. The molecule has 0 amide bonds. The summed E-state index contributed by atoms with van der Waals surface area (Å²) in [6, 6.07) is 3.82. The third-order valence-electron chi connectivity index (χ3n) is 5.03. The van der Waals surface area contributed by atoms with Gasteiger partial charge in [0.25, 0.3) is 5.56 Å². The van der Waals surface area contributed by atoms with Crippen molar-refractivity contribution in [1.82, 2.24) is 4.57 Å². The topological polar surface area (TPSA) is 91.4 Å². The summed E-state index contributed by atoms with van der Waals surface area (Å²) >= 11 is 0. The SMILES string of the molecule is CC(=O)OCCc1cc(F)c(-n2c(N)c(C(=O)C3=CCC(F)CC3F)ccc2=O)c(F)c1. The summed E-state index contributed by atoms with van der Waals surface area (Å²) in [7, 11) is 0. The first-order chi connectivity index (χ1) is 15.1. The van der Waals surface area contributed by atoms with Gasteiger partial charge in [0.05, 0.1) is 12.2 Å². The number of ether oxygens (including phenoxy) is 1. The van der Waals surface area contributed by atoms with Gasteiger partial charge in [-0.2, -0.15) is 0 Å². The number of hydrogen-bond acceptors (Lipinski definition) is 5. The van der Waals surface area contributed by atoms with Crippen molar-refractivity contribution in [3.8, 4) is 5.69 Å². The predicted molar refractivity (Wildman–Crippen MR) is 108 cm³/mol. The van der Waals surface area contributed by atoms with E-state index in [0.717, 1.165) is 30.3 Å². The van der Waals surface area contributed by atoms with E-state index in [-0.39, 0.29) is 36.1 Å². The monoisotopic (exact) mass is 452 g/mol. The van der Waals surface area contributed by atoms with Crippen LogP contribution in [0.15, 0.2) is 40.7 Å². The predicted octanol–water partition coefficient (Wildman–Crippen LogP) is 3.38. The van der Waals surface area contributed by atoms with Crippen LogP contribution in [-0.2, 0) is 16.0 Å². The maximum absolute atomic E-state index is 14.8. The summed E-state index contributed by atoms with van der Waals surface area (Å²) in [4.78, 5) is 36.0. The Kier molecular flexibility index (Phi) is 6.81. The molecule has 2 aromatic rings. The van der Waals surface area contributed by atoms with Gasteiger partial charge in [-0.1, -0.05) is 6.08 Å². The first kappa shape index (κ1) is 23.2. The number of halogens is 4. The number of allylic oxidation sites excluding steroid dienone is 2. The maximum Gasteiger partial charge on any atom is 0.302 e. The van der Waals surface area contributed by atoms with Crippen LogP contribution in [0.4, 0.5) is 23.4 Å². The van der Waals surface area contributed by atoms with Gasteiger partial charge in [-0.15, -0.1) is 0 Å². The summed E-state index contributed by atoms with van der Waals surface area (Å²) in [6.45, 7) is 1.09. The molecule has 2 unspecified atom stereocenters. The molecule has 1 aromatic heterocycles. The number of benzene rings is 1. The number of anilines is 1. The average molecular weight is 452 g/mol. The van der Waals surface area contributed by atoms with Crippen LogP contribution in [0.1, 0.15) is 35.7 Å². The number of Topliss-reactive ketones (excluding diaryl/α,β-unsaturated/α-hetero) is 1. The van der Waals surface area contributed by atoms with Crippen molar-refractivity contribution in [2.75, 3.05) is 12.3 Å². The Morgan fingerprint density at radius 3 is 2.44 bits per heavy atom. The summed E-state index contributed by atoms with van der Waals surface area (Å²) in [6.07, 6.45) is -2.78. The minimum Gasteiger partial charge on any atom is -0.466 e. The Bertz CT molecular complexity index is 1140. The zero-order chi connectivity index (χ0) is 23.6. The van der Waals surface area contributed by atoms with Crippen molar-refractivity contribution in [3.05, 3.63) is 69.0 Å². The van der Waals surface area contributed by atoms with Crippen molar-refractivity contribution in [1.29, 1.82) is 0 Å². The molecule has 0 fully saturated rings. The van der Waals surface area contributed by atoms with E-state index in [1.165, 1.54) is 6.92 Å². The highest BCUT2D eigenvalue weighted by molar-refractivity contribution is 6.12. The molecule has 0 aliphatic heterocycles. The number of esters is 1. The number of nitrogens with zero attached hydrogens (tertiary/aromatic N) is 1. The quantitative estimate of drug-likeness (QED) is 0.412. The van der Waals surface area contributed by atoms with Crippen molar-refractivity contribution < 1.29 is 31.9 Å². The molecular formula is C22H20F4N2O4. The van der Waals surface area contributed by atoms with E-state index >= 15 is 0 Å². The van der Waals surface area contributed by atoms with Crippen LogP contribution < -0.4 is 11.3 Å². The summed E-state index contributed by atoms with van der Waals surface area (Å²) in [5.41, 5.74) is 3.69. The molecule has 1 aliphatic rings. The molecule has 0 radical (unpaired) electrons. The Labute approximate surface area is 180 Å². The van der Waals surface area contributed by atoms with Crippen LogP contribution in [0.3, 0.4) is 0 Å². The first-order valence-corrected chi connectivity index (χ1v) is 9.76. The molecule has 2 N–H and O–H groups in total. The first-order valence-electron chi connectivity index (χ1n) is 9.76. The lowest BCUT2D eigenvalue weighted by molar-refractivity contribution is -0.140. The fourth-order valence-electron chi connectivity index (χ4n) is 3.49. The molecule has 32 heavy (non-hydrogen) atoms. The Balaban J connectivity index is 2.02. The van der Waals surface area contributed by atoms with Crippen LogP contribution in [0.5, 0.6) is 0 Å². The van der Waals surface area contributed by atoms with Gasteiger partial charge < -0.3 is 10.5 Å². The molecule has 0 bridgehead atoms. The molecule has 0 saturated carbocycles. The summed E-state index contributed by atoms with van der Waals surface area (Å²) in [5.74, 6) is -4.30.